The third-order valence-corrected chi connectivity index (χ3v) is 3.76. The molecule has 4 nitrogen and oxygen atoms in total. The molecule has 0 saturated heterocycles. The van der Waals surface area contributed by atoms with E-state index in [1.165, 1.54) is 11.1 Å². The van der Waals surface area contributed by atoms with Crippen molar-refractivity contribution in [3.8, 4) is 0 Å². The third-order valence-electron chi connectivity index (χ3n) is 3.76. The standard InChI is InChI=1S/C19H27FN2O2/c1-14(2)7-5-8-15(3)9-6-10-16(4)11-12-22-18(23)17(20)13-21-19(22)24/h7,9,11,13H,5-6,8,10,12H2,1-4H3,(H,21,24). The number of aromatic nitrogens is 2. The molecular formula is C19H27FN2O2. The van der Waals surface area contributed by atoms with Crippen LogP contribution in [0.25, 0.3) is 0 Å². The minimum atomic E-state index is -0.949. The van der Waals surface area contributed by atoms with Crippen LogP contribution in [0.5, 0.6) is 0 Å². The van der Waals surface area contributed by atoms with Gasteiger partial charge in [0.25, 0.3) is 5.56 Å². The highest BCUT2D eigenvalue weighted by Gasteiger charge is 2.05. The molecule has 0 radical (unpaired) electrons. The van der Waals surface area contributed by atoms with Gasteiger partial charge in [0.2, 0.25) is 5.82 Å². The summed E-state index contributed by atoms with van der Waals surface area (Å²) in [6.07, 6.45) is 10.9. The Hall–Kier alpha value is -2.17. The molecule has 0 fully saturated rings. The van der Waals surface area contributed by atoms with Crippen LogP contribution < -0.4 is 11.2 Å². The lowest BCUT2D eigenvalue weighted by molar-refractivity contribution is 0.559. The van der Waals surface area contributed by atoms with Gasteiger partial charge in [0, 0.05) is 12.7 Å². The van der Waals surface area contributed by atoms with Crippen LogP contribution in [0.1, 0.15) is 53.4 Å². The van der Waals surface area contributed by atoms with Gasteiger partial charge in [-0.25, -0.2) is 4.79 Å². The van der Waals surface area contributed by atoms with Gasteiger partial charge in [-0.1, -0.05) is 34.9 Å². The zero-order chi connectivity index (χ0) is 18.1. The van der Waals surface area contributed by atoms with Crippen molar-refractivity contribution in [1.82, 2.24) is 9.55 Å². The smallest absolute Gasteiger partial charge is 0.311 e. The maximum atomic E-state index is 13.2. The van der Waals surface area contributed by atoms with E-state index in [1.54, 1.807) is 6.08 Å². The molecule has 0 spiro atoms. The van der Waals surface area contributed by atoms with Crippen molar-refractivity contribution in [3.63, 3.8) is 0 Å². The summed E-state index contributed by atoms with van der Waals surface area (Å²) < 4.78 is 14.1. The van der Waals surface area contributed by atoms with Gasteiger partial charge in [-0.05, 0) is 53.4 Å². The Morgan fingerprint density at radius 3 is 2.25 bits per heavy atom. The topological polar surface area (TPSA) is 54.9 Å². The van der Waals surface area contributed by atoms with Crippen molar-refractivity contribution in [1.29, 1.82) is 0 Å². The average molecular weight is 334 g/mol. The third kappa shape index (κ3) is 6.94. The number of rotatable bonds is 8. The minimum Gasteiger partial charge on any atom is -0.311 e. The molecule has 0 aliphatic rings. The van der Waals surface area contributed by atoms with Crippen molar-refractivity contribution in [3.05, 3.63) is 67.8 Å². The fourth-order valence-electron chi connectivity index (χ4n) is 2.24. The van der Waals surface area contributed by atoms with Crippen LogP contribution in [-0.4, -0.2) is 9.55 Å². The zero-order valence-electron chi connectivity index (χ0n) is 15.0. The molecule has 0 unspecified atom stereocenters. The zero-order valence-corrected chi connectivity index (χ0v) is 15.0. The normalized spacial score (nSPS) is 12.4. The lowest BCUT2D eigenvalue weighted by Crippen LogP contribution is -2.36. The monoisotopic (exact) mass is 334 g/mol. The summed E-state index contributed by atoms with van der Waals surface area (Å²) in [6.45, 7) is 8.36. The minimum absolute atomic E-state index is 0.0844. The van der Waals surface area contributed by atoms with Crippen LogP contribution in [0.2, 0.25) is 0 Å². The maximum Gasteiger partial charge on any atom is 0.328 e. The van der Waals surface area contributed by atoms with E-state index in [9.17, 15) is 14.0 Å². The Morgan fingerprint density at radius 2 is 1.62 bits per heavy atom. The van der Waals surface area contributed by atoms with Gasteiger partial charge >= 0.3 is 5.69 Å². The van der Waals surface area contributed by atoms with E-state index >= 15 is 0 Å². The summed E-state index contributed by atoms with van der Waals surface area (Å²) in [5, 5.41) is 0. The number of hydrogen-bond donors (Lipinski definition) is 1. The molecule has 0 aromatic carbocycles. The number of nitrogens with zero attached hydrogens (tertiary/aromatic N) is 1. The fraction of sp³-hybridized carbons (Fsp3) is 0.474. The molecule has 0 amide bonds. The first kappa shape index (κ1) is 19.9. The summed E-state index contributed by atoms with van der Waals surface area (Å²) in [6, 6.07) is 0. The van der Waals surface area contributed by atoms with E-state index in [0.29, 0.717) is 0 Å². The molecule has 132 valence electrons. The molecule has 1 rings (SSSR count). The highest BCUT2D eigenvalue weighted by Crippen LogP contribution is 2.11. The van der Waals surface area contributed by atoms with Crippen LogP contribution in [0.15, 0.2) is 50.7 Å². The molecule has 1 aromatic heterocycles. The fourth-order valence-corrected chi connectivity index (χ4v) is 2.24. The van der Waals surface area contributed by atoms with Gasteiger partial charge in [0.1, 0.15) is 0 Å². The van der Waals surface area contributed by atoms with Crippen LogP contribution in [-0.2, 0) is 6.54 Å². The molecule has 0 aliphatic heterocycles. The Kier molecular flexibility index (Phi) is 8.16. The molecule has 1 heterocycles. The number of halogens is 1. The van der Waals surface area contributed by atoms with Crippen molar-refractivity contribution in [2.75, 3.05) is 0 Å². The van der Waals surface area contributed by atoms with E-state index in [1.807, 2.05) is 6.92 Å². The molecule has 0 atom stereocenters. The molecule has 1 aromatic rings. The van der Waals surface area contributed by atoms with Gasteiger partial charge in [0.15, 0.2) is 0 Å². The van der Waals surface area contributed by atoms with Crippen molar-refractivity contribution in [2.24, 2.45) is 0 Å². The SMILES string of the molecule is CC(C)=CCCC(C)=CCCC(C)=CCn1c(=O)[nH]cc(F)c1=O. The Balaban J connectivity index is 2.54. The average Bonchev–Trinajstić information content (AvgIpc) is 2.50. The summed E-state index contributed by atoms with van der Waals surface area (Å²) in [5.74, 6) is -0.949. The Labute approximate surface area is 142 Å². The first-order valence-corrected chi connectivity index (χ1v) is 8.24. The first-order chi connectivity index (χ1) is 11.3. The van der Waals surface area contributed by atoms with Crippen molar-refractivity contribution >= 4 is 0 Å². The van der Waals surface area contributed by atoms with Crippen molar-refractivity contribution < 1.29 is 4.39 Å². The second-order valence-corrected chi connectivity index (χ2v) is 6.32. The van der Waals surface area contributed by atoms with Gasteiger partial charge in [-0.2, -0.15) is 4.39 Å². The van der Waals surface area contributed by atoms with Crippen LogP contribution in [0, 0.1) is 5.82 Å². The van der Waals surface area contributed by atoms with Crippen LogP contribution >= 0.6 is 0 Å². The highest BCUT2D eigenvalue weighted by molar-refractivity contribution is 5.05. The molecule has 0 bridgehead atoms. The number of nitrogens with one attached hydrogen (secondary N) is 1. The number of H-pyrrole nitrogens is 1. The largest absolute Gasteiger partial charge is 0.328 e. The lowest BCUT2D eigenvalue weighted by atomic mass is 10.1. The van der Waals surface area contributed by atoms with E-state index in [0.717, 1.165) is 42.0 Å². The molecule has 0 aliphatic carbocycles. The first-order valence-electron chi connectivity index (χ1n) is 8.24. The Morgan fingerprint density at radius 1 is 1.04 bits per heavy atom. The Bertz CT molecular complexity index is 747. The molecule has 5 heteroatoms. The van der Waals surface area contributed by atoms with Gasteiger partial charge in [-0.15, -0.1) is 0 Å². The number of aromatic amines is 1. The maximum absolute atomic E-state index is 13.2. The van der Waals surface area contributed by atoms with E-state index < -0.39 is 17.1 Å². The second-order valence-electron chi connectivity index (χ2n) is 6.32. The molecule has 24 heavy (non-hydrogen) atoms. The van der Waals surface area contributed by atoms with Gasteiger partial charge in [0.05, 0.1) is 0 Å². The van der Waals surface area contributed by atoms with Crippen LogP contribution in [0.3, 0.4) is 0 Å². The lowest BCUT2D eigenvalue weighted by Gasteiger charge is -2.03. The van der Waals surface area contributed by atoms with Gasteiger partial charge in [-0.3, -0.25) is 9.36 Å². The molecule has 1 N–H and O–H groups in total. The van der Waals surface area contributed by atoms with Crippen LogP contribution in [0.4, 0.5) is 4.39 Å². The predicted molar refractivity (Wildman–Crippen MR) is 96.7 cm³/mol. The summed E-state index contributed by atoms with van der Waals surface area (Å²) >= 11 is 0. The summed E-state index contributed by atoms with van der Waals surface area (Å²) in [4.78, 5) is 25.3. The second kappa shape index (κ2) is 9.85. The molecule has 0 saturated carbocycles. The summed E-state index contributed by atoms with van der Waals surface area (Å²) in [7, 11) is 0. The van der Waals surface area contributed by atoms with Gasteiger partial charge < -0.3 is 4.98 Å². The van der Waals surface area contributed by atoms with E-state index in [4.69, 9.17) is 0 Å². The molecular weight excluding hydrogens is 307 g/mol. The van der Waals surface area contributed by atoms with Crippen molar-refractivity contribution in [2.45, 2.75) is 59.9 Å². The van der Waals surface area contributed by atoms with E-state index in [2.05, 4.69) is 37.9 Å². The summed E-state index contributed by atoms with van der Waals surface area (Å²) in [5.41, 5.74) is 2.28. The van der Waals surface area contributed by atoms with E-state index in [-0.39, 0.29) is 6.54 Å². The quantitative estimate of drug-likeness (QED) is 0.728. The highest BCUT2D eigenvalue weighted by atomic mass is 19.1. The number of allylic oxidation sites excluding steroid dienone is 6. The predicted octanol–water partition coefficient (Wildman–Crippen LogP) is 4.09. The number of hydrogen-bond acceptors (Lipinski definition) is 2.